The van der Waals surface area contributed by atoms with Crippen molar-refractivity contribution in [2.24, 2.45) is 14.1 Å². The Kier molecular flexibility index (Phi) is 6.10. The first kappa shape index (κ1) is 26.2. The van der Waals surface area contributed by atoms with Crippen LogP contribution in [0.5, 0.6) is 0 Å². The van der Waals surface area contributed by atoms with Crippen LogP contribution in [0.4, 0.5) is 32.2 Å². The van der Waals surface area contributed by atoms with Gasteiger partial charge in [0.05, 0.1) is 29.8 Å². The first-order valence-electron chi connectivity index (χ1n) is 11.3. The number of rotatable bonds is 3. The molecule has 1 aromatic carbocycles. The number of pyridine rings is 1. The van der Waals surface area contributed by atoms with Gasteiger partial charge in [0.2, 0.25) is 5.82 Å². The Hall–Kier alpha value is -4.45. The van der Waals surface area contributed by atoms with Gasteiger partial charge in [-0.1, -0.05) is 0 Å². The number of anilines is 1. The van der Waals surface area contributed by atoms with Gasteiger partial charge < -0.3 is 9.64 Å². The van der Waals surface area contributed by atoms with Crippen LogP contribution in [0, 0.1) is 17.1 Å². The van der Waals surface area contributed by atoms with Crippen molar-refractivity contribution in [1.82, 2.24) is 24.3 Å². The summed E-state index contributed by atoms with van der Waals surface area (Å²) in [6.45, 7) is -1.20. The predicted octanol–water partition coefficient (Wildman–Crippen LogP) is 3.93. The van der Waals surface area contributed by atoms with Gasteiger partial charge in [-0.25, -0.2) is 14.4 Å². The van der Waals surface area contributed by atoms with Crippen LogP contribution in [0.25, 0.3) is 22.2 Å². The molecule has 0 radical (unpaired) electrons. The van der Waals surface area contributed by atoms with E-state index in [1.807, 2.05) is 0 Å². The Morgan fingerprint density at radius 3 is 2.54 bits per heavy atom. The van der Waals surface area contributed by atoms with Crippen LogP contribution in [0.3, 0.4) is 0 Å². The van der Waals surface area contributed by atoms with E-state index >= 15 is 4.39 Å². The highest BCUT2D eigenvalue weighted by molar-refractivity contribution is 5.93. The third kappa shape index (κ3) is 4.78. The minimum Gasteiger partial charge on any atom is -0.345 e. The van der Waals surface area contributed by atoms with Crippen molar-refractivity contribution in [3.8, 4) is 17.3 Å². The molecule has 0 saturated carbocycles. The second-order valence-electron chi connectivity index (χ2n) is 8.90. The van der Waals surface area contributed by atoms with E-state index in [0.29, 0.717) is 5.56 Å². The Morgan fingerprint density at radius 1 is 1.18 bits per heavy atom. The minimum absolute atomic E-state index is 0.0799. The first-order valence-corrected chi connectivity index (χ1v) is 11.3. The van der Waals surface area contributed by atoms with E-state index in [1.54, 1.807) is 13.1 Å². The van der Waals surface area contributed by atoms with Gasteiger partial charge in [0, 0.05) is 31.4 Å². The summed E-state index contributed by atoms with van der Waals surface area (Å²) in [5.41, 5.74) is -2.34. The number of morpholine rings is 1. The van der Waals surface area contributed by atoms with Crippen molar-refractivity contribution >= 4 is 16.7 Å². The molecular weight excluding hydrogens is 532 g/mol. The SMILES string of the molecule is Cn1cc([C@@H]2CN(c3cc4c(=O)n(C)c(C(F)(F)F)nc4c(-c4ccc(C#N)cc4F)n3)CC(F)(F)O2)cn1. The fourth-order valence-corrected chi connectivity index (χ4v) is 4.36. The highest BCUT2D eigenvalue weighted by Gasteiger charge is 2.43. The van der Waals surface area contributed by atoms with E-state index in [0.717, 1.165) is 30.1 Å². The Labute approximate surface area is 215 Å². The summed E-state index contributed by atoms with van der Waals surface area (Å²) in [5, 5.41) is 12.6. The number of alkyl halides is 5. The summed E-state index contributed by atoms with van der Waals surface area (Å²) >= 11 is 0. The number of halogens is 6. The van der Waals surface area contributed by atoms with Crippen LogP contribution in [-0.2, 0) is 25.0 Å². The highest BCUT2D eigenvalue weighted by atomic mass is 19.4. The number of aryl methyl sites for hydroxylation is 1. The Balaban J connectivity index is 1.75. The molecule has 15 heteroatoms. The number of aromatic nitrogens is 5. The summed E-state index contributed by atoms with van der Waals surface area (Å²) in [6.07, 6.45) is -7.08. The van der Waals surface area contributed by atoms with Gasteiger partial charge in [-0.05, 0) is 24.3 Å². The van der Waals surface area contributed by atoms with Gasteiger partial charge in [0.1, 0.15) is 35.5 Å². The number of nitriles is 1. The summed E-state index contributed by atoms with van der Waals surface area (Å²) in [5.74, 6) is -2.83. The summed E-state index contributed by atoms with van der Waals surface area (Å²) in [4.78, 5) is 22.0. The summed E-state index contributed by atoms with van der Waals surface area (Å²) in [7, 11) is 2.45. The normalized spacial score (nSPS) is 17.4. The molecule has 9 nitrogen and oxygen atoms in total. The largest absolute Gasteiger partial charge is 0.449 e. The number of benzene rings is 1. The molecule has 0 aliphatic carbocycles. The van der Waals surface area contributed by atoms with Crippen LogP contribution in [0.2, 0.25) is 0 Å². The van der Waals surface area contributed by atoms with Crippen LogP contribution in [0.1, 0.15) is 23.1 Å². The number of hydrogen-bond acceptors (Lipinski definition) is 7. The molecule has 5 rings (SSSR count). The third-order valence-corrected chi connectivity index (χ3v) is 6.15. The topological polar surface area (TPSA) is 102 Å². The molecule has 3 aromatic heterocycles. The molecule has 4 aromatic rings. The van der Waals surface area contributed by atoms with Crippen molar-refractivity contribution in [2.45, 2.75) is 18.4 Å². The molecule has 1 aliphatic rings. The quantitative estimate of drug-likeness (QED) is 0.357. The second kappa shape index (κ2) is 9.09. The molecule has 1 saturated heterocycles. The van der Waals surface area contributed by atoms with Crippen molar-refractivity contribution in [3.63, 3.8) is 0 Å². The van der Waals surface area contributed by atoms with Crippen molar-refractivity contribution in [3.05, 3.63) is 69.8 Å². The smallest absolute Gasteiger partial charge is 0.345 e. The molecule has 0 bridgehead atoms. The lowest BCUT2D eigenvalue weighted by Crippen LogP contribution is -2.48. The lowest BCUT2D eigenvalue weighted by molar-refractivity contribution is -0.269. The molecule has 39 heavy (non-hydrogen) atoms. The van der Waals surface area contributed by atoms with Crippen molar-refractivity contribution < 1.29 is 31.1 Å². The van der Waals surface area contributed by atoms with Crippen molar-refractivity contribution in [2.75, 3.05) is 18.0 Å². The molecular formula is C24H17F6N7O2. The molecule has 1 fully saturated rings. The number of nitrogens with zero attached hydrogens (tertiary/aromatic N) is 7. The van der Waals surface area contributed by atoms with Crippen LogP contribution in [-0.4, -0.2) is 43.5 Å². The third-order valence-electron chi connectivity index (χ3n) is 6.15. The molecule has 0 spiro atoms. The highest BCUT2D eigenvalue weighted by Crippen LogP contribution is 2.38. The van der Waals surface area contributed by atoms with E-state index < -0.39 is 58.7 Å². The average Bonchev–Trinajstić information content (AvgIpc) is 3.30. The maximum atomic E-state index is 15.1. The number of fused-ring (bicyclic) bond motifs is 1. The van der Waals surface area contributed by atoms with E-state index in [2.05, 4.69) is 15.1 Å². The Bertz CT molecular complexity index is 1710. The maximum absolute atomic E-state index is 15.1. The monoisotopic (exact) mass is 549 g/mol. The van der Waals surface area contributed by atoms with Gasteiger partial charge in [0.25, 0.3) is 5.56 Å². The fourth-order valence-electron chi connectivity index (χ4n) is 4.36. The summed E-state index contributed by atoms with van der Waals surface area (Å²) < 4.78 is 92.0. The van der Waals surface area contributed by atoms with E-state index in [9.17, 15) is 26.7 Å². The van der Waals surface area contributed by atoms with Gasteiger partial charge in [-0.3, -0.25) is 14.0 Å². The minimum atomic E-state index is -5.04. The van der Waals surface area contributed by atoms with E-state index in [1.165, 1.54) is 23.1 Å². The van der Waals surface area contributed by atoms with Crippen LogP contribution < -0.4 is 10.5 Å². The number of ether oxygens (including phenoxy) is 1. The molecule has 0 unspecified atom stereocenters. The average molecular weight is 549 g/mol. The molecule has 1 atom stereocenters. The standard InChI is InChI=1S/C24H17F6N7O2/c1-35-9-13(8-32-35)17-10-37(11-23(26,27)39-17)18-6-15-20(34-22(24(28,29)30)36(2)21(15)38)19(33-18)14-4-3-12(7-31)5-16(14)25/h3-6,8-9,17H,10-11H2,1-2H3/t17-/m0/s1. The molecule has 0 N–H and O–H groups in total. The van der Waals surface area contributed by atoms with Crippen LogP contribution >= 0.6 is 0 Å². The van der Waals surface area contributed by atoms with Gasteiger partial charge in [-0.2, -0.15) is 32.3 Å². The van der Waals surface area contributed by atoms with E-state index in [4.69, 9.17) is 10.00 Å². The van der Waals surface area contributed by atoms with Crippen LogP contribution in [0.15, 0.2) is 41.5 Å². The molecule has 1 aliphatic heterocycles. The predicted molar refractivity (Wildman–Crippen MR) is 124 cm³/mol. The molecule has 0 amide bonds. The Morgan fingerprint density at radius 2 is 1.92 bits per heavy atom. The number of hydrogen-bond donors (Lipinski definition) is 0. The van der Waals surface area contributed by atoms with Crippen molar-refractivity contribution in [1.29, 1.82) is 5.26 Å². The van der Waals surface area contributed by atoms with Gasteiger partial charge in [-0.15, -0.1) is 0 Å². The van der Waals surface area contributed by atoms with Gasteiger partial charge >= 0.3 is 12.3 Å². The second-order valence-corrected chi connectivity index (χ2v) is 8.90. The molecule has 4 heterocycles. The zero-order chi connectivity index (χ0) is 28.3. The van der Waals surface area contributed by atoms with Gasteiger partial charge in [0.15, 0.2) is 0 Å². The zero-order valence-electron chi connectivity index (χ0n) is 20.2. The molecule has 202 valence electrons. The first-order chi connectivity index (χ1) is 18.3. The van der Waals surface area contributed by atoms with E-state index in [-0.39, 0.29) is 28.1 Å². The fraction of sp³-hybridized carbons (Fsp3) is 0.292. The lowest BCUT2D eigenvalue weighted by atomic mass is 10.0. The zero-order valence-corrected chi connectivity index (χ0v) is 20.2. The lowest BCUT2D eigenvalue weighted by Gasteiger charge is -2.38. The summed E-state index contributed by atoms with van der Waals surface area (Å²) in [6, 6.07) is 5.90. The maximum Gasteiger partial charge on any atom is 0.449 e.